The second-order valence-electron chi connectivity index (χ2n) is 5.73. The number of anilines is 1. The zero-order valence-electron chi connectivity index (χ0n) is 14.6. The van der Waals surface area contributed by atoms with E-state index in [1.165, 1.54) is 18.7 Å². The van der Waals surface area contributed by atoms with Gasteiger partial charge in [0, 0.05) is 18.3 Å². The molecule has 134 valence electrons. The highest BCUT2D eigenvalue weighted by molar-refractivity contribution is 8.00. The summed E-state index contributed by atoms with van der Waals surface area (Å²) in [5.74, 6) is 0.982. The van der Waals surface area contributed by atoms with Crippen LogP contribution in [0.3, 0.4) is 0 Å². The van der Waals surface area contributed by atoms with Gasteiger partial charge in [-0.1, -0.05) is 23.9 Å². The molecule has 0 fully saturated rings. The van der Waals surface area contributed by atoms with Crippen LogP contribution in [0.15, 0.2) is 52.2 Å². The van der Waals surface area contributed by atoms with Crippen LogP contribution in [0.1, 0.15) is 24.2 Å². The molecule has 0 spiro atoms. The number of hydrogen-bond acceptors (Lipinski definition) is 6. The van der Waals surface area contributed by atoms with Crippen LogP contribution in [0.4, 0.5) is 5.69 Å². The molecule has 0 saturated carbocycles. The Bertz CT molecular complexity index is 934. The quantitative estimate of drug-likeness (QED) is 0.528. The first kappa shape index (κ1) is 17.9. The van der Waals surface area contributed by atoms with Crippen molar-refractivity contribution >= 4 is 29.1 Å². The van der Waals surface area contributed by atoms with Gasteiger partial charge in [-0.2, -0.15) is 0 Å². The Morgan fingerprint density at radius 3 is 2.73 bits per heavy atom. The Kier molecular flexibility index (Phi) is 5.22. The number of Topliss-reactive ketones (excluding diaryl/α,β-unsaturated/α-hetero) is 1. The number of carbonyl (C=O) groups excluding carboxylic acids is 2. The van der Waals surface area contributed by atoms with Crippen molar-refractivity contribution in [2.24, 2.45) is 7.05 Å². The normalized spacial score (nSPS) is 12.0. The van der Waals surface area contributed by atoms with Crippen LogP contribution in [-0.4, -0.2) is 31.7 Å². The highest BCUT2D eigenvalue weighted by atomic mass is 32.2. The van der Waals surface area contributed by atoms with Crippen molar-refractivity contribution in [3.63, 3.8) is 0 Å². The Labute approximate surface area is 154 Å². The SMILES string of the molecule is CC(=O)c1cccc(NC(=O)C(C)Sc2nnc(-c3ccco3)n2C)c1. The van der Waals surface area contributed by atoms with Gasteiger partial charge in [0.1, 0.15) is 0 Å². The Balaban J connectivity index is 1.68. The molecule has 1 atom stereocenters. The number of hydrogen-bond donors (Lipinski definition) is 1. The first-order chi connectivity index (χ1) is 12.5. The van der Waals surface area contributed by atoms with E-state index in [9.17, 15) is 9.59 Å². The summed E-state index contributed by atoms with van der Waals surface area (Å²) in [7, 11) is 1.82. The molecule has 3 aromatic rings. The van der Waals surface area contributed by atoms with Crippen LogP contribution in [0.5, 0.6) is 0 Å². The number of carbonyl (C=O) groups is 2. The molecule has 0 aliphatic rings. The highest BCUT2D eigenvalue weighted by Gasteiger charge is 2.20. The van der Waals surface area contributed by atoms with Gasteiger partial charge in [0.05, 0.1) is 11.5 Å². The van der Waals surface area contributed by atoms with Crippen molar-refractivity contribution in [2.75, 3.05) is 5.32 Å². The molecule has 3 rings (SSSR count). The second-order valence-corrected chi connectivity index (χ2v) is 7.04. The van der Waals surface area contributed by atoms with E-state index < -0.39 is 5.25 Å². The molecule has 0 saturated heterocycles. The fourth-order valence-electron chi connectivity index (χ4n) is 2.31. The molecular weight excluding hydrogens is 352 g/mol. The van der Waals surface area contributed by atoms with Crippen LogP contribution < -0.4 is 5.32 Å². The van der Waals surface area contributed by atoms with Crippen LogP contribution in [0, 0.1) is 0 Å². The van der Waals surface area contributed by atoms with E-state index in [-0.39, 0.29) is 11.7 Å². The smallest absolute Gasteiger partial charge is 0.237 e. The number of amides is 1. The van der Waals surface area contributed by atoms with Crippen LogP contribution in [-0.2, 0) is 11.8 Å². The van der Waals surface area contributed by atoms with Gasteiger partial charge in [-0.15, -0.1) is 10.2 Å². The Morgan fingerprint density at radius 1 is 1.23 bits per heavy atom. The average molecular weight is 370 g/mol. The fourth-order valence-corrected chi connectivity index (χ4v) is 3.12. The standard InChI is InChI=1S/C18H18N4O3S/c1-11(23)13-6-4-7-14(10-13)19-17(24)12(2)26-18-21-20-16(22(18)3)15-8-5-9-25-15/h4-10,12H,1-3H3,(H,19,24). The first-order valence-electron chi connectivity index (χ1n) is 7.97. The third-order valence-corrected chi connectivity index (χ3v) is 4.90. The maximum atomic E-state index is 12.5. The summed E-state index contributed by atoms with van der Waals surface area (Å²) in [5.41, 5.74) is 1.14. The lowest BCUT2D eigenvalue weighted by Crippen LogP contribution is -2.23. The molecule has 1 aromatic carbocycles. The van der Waals surface area contributed by atoms with E-state index in [1.807, 2.05) is 7.05 Å². The number of furan rings is 1. The molecule has 1 unspecified atom stereocenters. The van der Waals surface area contributed by atoms with Crippen molar-refractivity contribution in [1.82, 2.24) is 14.8 Å². The van der Waals surface area contributed by atoms with Crippen molar-refractivity contribution in [3.8, 4) is 11.6 Å². The molecule has 2 aromatic heterocycles. The minimum Gasteiger partial charge on any atom is -0.461 e. The summed E-state index contributed by atoms with van der Waals surface area (Å²) in [6, 6.07) is 10.4. The van der Waals surface area contributed by atoms with Gasteiger partial charge in [0.2, 0.25) is 5.91 Å². The number of thioether (sulfide) groups is 1. The number of nitrogens with one attached hydrogen (secondary N) is 1. The molecule has 7 nitrogen and oxygen atoms in total. The monoisotopic (exact) mass is 370 g/mol. The lowest BCUT2D eigenvalue weighted by molar-refractivity contribution is -0.115. The average Bonchev–Trinajstić information content (AvgIpc) is 3.25. The lowest BCUT2D eigenvalue weighted by atomic mass is 10.1. The molecule has 0 aliphatic carbocycles. The van der Waals surface area contributed by atoms with Crippen molar-refractivity contribution < 1.29 is 14.0 Å². The summed E-state index contributed by atoms with van der Waals surface area (Å²) < 4.78 is 7.12. The highest BCUT2D eigenvalue weighted by Crippen LogP contribution is 2.26. The zero-order valence-corrected chi connectivity index (χ0v) is 15.4. The third kappa shape index (κ3) is 3.85. The predicted molar refractivity (Wildman–Crippen MR) is 99.1 cm³/mol. The van der Waals surface area contributed by atoms with Crippen LogP contribution >= 0.6 is 11.8 Å². The summed E-state index contributed by atoms with van der Waals surface area (Å²) in [6.07, 6.45) is 1.57. The largest absolute Gasteiger partial charge is 0.461 e. The third-order valence-electron chi connectivity index (χ3n) is 3.76. The molecular formula is C18H18N4O3S. The summed E-state index contributed by atoms with van der Waals surface area (Å²) >= 11 is 1.29. The van der Waals surface area contributed by atoms with Gasteiger partial charge in [-0.25, -0.2) is 0 Å². The zero-order chi connectivity index (χ0) is 18.7. The minimum atomic E-state index is -0.400. The van der Waals surface area contributed by atoms with Gasteiger partial charge in [-0.3, -0.25) is 9.59 Å². The van der Waals surface area contributed by atoms with E-state index in [4.69, 9.17) is 4.42 Å². The van der Waals surface area contributed by atoms with Gasteiger partial charge >= 0.3 is 0 Å². The summed E-state index contributed by atoms with van der Waals surface area (Å²) in [4.78, 5) is 23.9. The number of ketones is 1. The molecule has 26 heavy (non-hydrogen) atoms. The Hall–Kier alpha value is -2.87. The van der Waals surface area contributed by atoms with E-state index in [1.54, 1.807) is 54.2 Å². The molecule has 1 N–H and O–H groups in total. The van der Waals surface area contributed by atoms with Crippen molar-refractivity contribution in [3.05, 3.63) is 48.2 Å². The first-order valence-corrected chi connectivity index (χ1v) is 8.85. The molecule has 0 radical (unpaired) electrons. The molecule has 0 bridgehead atoms. The number of nitrogens with zero attached hydrogens (tertiary/aromatic N) is 3. The molecule has 2 heterocycles. The molecule has 0 aliphatic heterocycles. The van der Waals surface area contributed by atoms with Crippen LogP contribution in [0.2, 0.25) is 0 Å². The predicted octanol–water partition coefficient (Wildman–Crippen LogP) is 3.40. The number of aromatic nitrogens is 3. The second kappa shape index (κ2) is 7.57. The summed E-state index contributed by atoms with van der Waals surface area (Å²) in [5, 5.41) is 11.3. The molecule has 8 heteroatoms. The maximum Gasteiger partial charge on any atom is 0.237 e. The van der Waals surface area contributed by atoms with Gasteiger partial charge in [0.25, 0.3) is 0 Å². The molecule has 1 amide bonds. The Morgan fingerprint density at radius 2 is 2.04 bits per heavy atom. The van der Waals surface area contributed by atoms with E-state index >= 15 is 0 Å². The maximum absolute atomic E-state index is 12.5. The van der Waals surface area contributed by atoms with Crippen molar-refractivity contribution in [1.29, 1.82) is 0 Å². The van der Waals surface area contributed by atoms with Crippen LogP contribution in [0.25, 0.3) is 11.6 Å². The minimum absolute atomic E-state index is 0.0481. The van der Waals surface area contributed by atoms with E-state index in [0.29, 0.717) is 28.0 Å². The van der Waals surface area contributed by atoms with Gasteiger partial charge in [0.15, 0.2) is 22.5 Å². The van der Waals surface area contributed by atoms with E-state index in [2.05, 4.69) is 15.5 Å². The fraction of sp³-hybridized carbons (Fsp3) is 0.222. The number of benzene rings is 1. The lowest BCUT2D eigenvalue weighted by Gasteiger charge is -2.12. The number of rotatable bonds is 6. The van der Waals surface area contributed by atoms with Gasteiger partial charge in [-0.05, 0) is 38.1 Å². The topological polar surface area (TPSA) is 90.0 Å². The van der Waals surface area contributed by atoms with Gasteiger partial charge < -0.3 is 14.3 Å². The van der Waals surface area contributed by atoms with Crippen molar-refractivity contribution in [2.45, 2.75) is 24.3 Å². The summed E-state index contributed by atoms with van der Waals surface area (Å²) in [6.45, 7) is 3.28. The van der Waals surface area contributed by atoms with E-state index in [0.717, 1.165) is 0 Å².